The van der Waals surface area contributed by atoms with Gasteiger partial charge in [0.15, 0.2) is 0 Å². The van der Waals surface area contributed by atoms with Gasteiger partial charge in [-0.3, -0.25) is 9.78 Å². The molecule has 134 valence electrons. The van der Waals surface area contributed by atoms with Crippen LogP contribution in [0.1, 0.15) is 0 Å². The van der Waals surface area contributed by atoms with E-state index in [1.165, 1.54) is 37.5 Å². The van der Waals surface area contributed by atoms with Crippen LogP contribution < -0.4 is 5.32 Å². The SMILES string of the molecule is CN(CC(=O)Nc1cccc(F)c1)S(=O)(=O)c1cccc2cccnc12. The number of pyridine rings is 1. The molecule has 0 saturated heterocycles. The molecule has 3 aromatic rings. The molecule has 0 unspecified atom stereocenters. The van der Waals surface area contributed by atoms with Crippen molar-refractivity contribution >= 4 is 32.5 Å². The van der Waals surface area contributed by atoms with Crippen molar-refractivity contribution in [2.24, 2.45) is 0 Å². The molecule has 0 aliphatic carbocycles. The maximum atomic E-state index is 13.2. The third-order valence-electron chi connectivity index (χ3n) is 3.76. The van der Waals surface area contributed by atoms with Crippen LogP contribution in [0.25, 0.3) is 10.9 Å². The Kier molecular flexibility index (Phi) is 4.97. The van der Waals surface area contributed by atoms with Gasteiger partial charge in [0.25, 0.3) is 0 Å². The highest BCUT2D eigenvalue weighted by Crippen LogP contribution is 2.23. The summed E-state index contributed by atoms with van der Waals surface area (Å²) in [7, 11) is -2.62. The standard InChI is InChI=1S/C18H16FN3O3S/c1-22(12-17(23)21-15-8-3-7-14(19)11-15)26(24,25)16-9-2-5-13-6-4-10-20-18(13)16/h2-11H,12H2,1H3,(H,21,23). The number of nitrogens with one attached hydrogen (secondary N) is 1. The topological polar surface area (TPSA) is 79.4 Å². The van der Waals surface area contributed by atoms with Crippen LogP contribution in [0.5, 0.6) is 0 Å². The van der Waals surface area contributed by atoms with Gasteiger partial charge >= 0.3 is 0 Å². The maximum absolute atomic E-state index is 13.2. The molecular formula is C18H16FN3O3S. The van der Waals surface area contributed by atoms with Crippen LogP contribution in [0, 0.1) is 5.82 Å². The molecular weight excluding hydrogens is 357 g/mol. The monoisotopic (exact) mass is 373 g/mol. The fourth-order valence-corrected chi connectivity index (χ4v) is 3.79. The highest BCUT2D eigenvalue weighted by atomic mass is 32.2. The van der Waals surface area contributed by atoms with Crippen LogP contribution >= 0.6 is 0 Å². The Morgan fingerprint density at radius 1 is 1.15 bits per heavy atom. The minimum atomic E-state index is -3.93. The third-order valence-corrected chi connectivity index (χ3v) is 5.59. The molecule has 2 aromatic carbocycles. The number of amides is 1. The van der Waals surface area contributed by atoms with Crippen LogP contribution in [0.3, 0.4) is 0 Å². The summed E-state index contributed by atoms with van der Waals surface area (Å²) in [6, 6.07) is 13.7. The number of halogens is 1. The number of nitrogens with zero attached hydrogens (tertiary/aromatic N) is 2. The number of benzene rings is 2. The molecule has 6 nitrogen and oxygen atoms in total. The van der Waals surface area contributed by atoms with Crippen molar-refractivity contribution in [3.63, 3.8) is 0 Å². The lowest BCUT2D eigenvalue weighted by atomic mass is 10.2. The number of aromatic nitrogens is 1. The van der Waals surface area contributed by atoms with Crippen LogP contribution in [0.15, 0.2) is 65.7 Å². The number of rotatable bonds is 5. The Hall–Kier alpha value is -2.84. The average Bonchev–Trinajstić information content (AvgIpc) is 2.61. The van der Waals surface area contributed by atoms with Crippen LogP contribution in [0.2, 0.25) is 0 Å². The first kappa shape index (κ1) is 18.0. The molecule has 0 aliphatic rings. The van der Waals surface area contributed by atoms with Gasteiger partial charge in [-0.2, -0.15) is 4.31 Å². The van der Waals surface area contributed by atoms with Gasteiger partial charge in [0.2, 0.25) is 15.9 Å². The number of fused-ring (bicyclic) bond motifs is 1. The minimum Gasteiger partial charge on any atom is -0.325 e. The van der Waals surface area contributed by atoms with Crippen LogP contribution in [0.4, 0.5) is 10.1 Å². The first-order chi connectivity index (χ1) is 12.4. The largest absolute Gasteiger partial charge is 0.325 e. The Balaban J connectivity index is 1.81. The molecule has 0 atom stereocenters. The van der Waals surface area contributed by atoms with E-state index in [0.29, 0.717) is 10.9 Å². The molecule has 3 rings (SSSR count). The van der Waals surface area contributed by atoms with Crippen molar-refractivity contribution in [1.29, 1.82) is 0 Å². The second kappa shape index (κ2) is 7.19. The van der Waals surface area contributed by atoms with E-state index in [2.05, 4.69) is 10.3 Å². The number of hydrogen-bond donors (Lipinski definition) is 1. The van der Waals surface area contributed by atoms with E-state index < -0.39 is 28.3 Å². The average molecular weight is 373 g/mol. The van der Waals surface area contributed by atoms with Gasteiger partial charge in [0.05, 0.1) is 12.1 Å². The molecule has 8 heteroatoms. The van der Waals surface area contributed by atoms with E-state index in [-0.39, 0.29) is 10.6 Å². The van der Waals surface area contributed by atoms with Gasteiger partial charge in [0, 0.05) is 24.3 Å². The minimum absolute atomic E-state index is 0.0247. The number of anilines is 1. The van der Waals surface area contributed by atoms with Gasteiger partial charge in [-0.25, -0.2) is 12.8 Å². The van der Waals surface area contributed by atoms with Gasteiger partial charge in [-0.15, -0.1) is 0 Å². The molecule has 1 amide bonds. The van der Waals surface area contributed by atoms with Crippen molar-refractivity contribution in [2.45, 2.75) is 4.90 Å². The van der Waals surface area contributed by atoms with E-state index in [4.69, 9.17) is 0 Å². The van der Waals surface area contributed by atoms with E-state index in [1.54, 1.807) is 24.3 Å². The lowest BCUT2D eigenvalue weighted by molar-refractivity contribution is -0.116. The maximum Gasteiger partial charge on any atom is 0.245 e. The third kappa shape index (κ3) is 3.71. The molecule has 1 aromatic heterocycles. The molecule has 26 heavy (non-hydrogen) atoms. The van der Waals surface area contributed by atoms with Gasteiger partial charge in [0.1, 0.15) is 10.7 Å². The lowest BCUT2D eigenvalue weighted by Gasteiger charge is -2.17. The van der Waals surface area contributed by atoms with Crippen LogP contribution in [-0.4, -0.2) is 37.2 Å². The number of hydrogen-bond acceptors (Lipinski definition) is 4. The number of likely N-dealkylation sites (N-methyl/N-ethyl adjacent to an activating group) is 1. The summed E-state index contributed by atoms with van der Waals surface area (Å²) < 4.78 is 39.8. The normalized spacial score (nSPS) is 11.7. The van der Waals surface area contributed by atoms with E-state index in [0.717, 1.165) is 10.4 Å². The number of para-hydroxylation sites is 1. The predicted octanol–water partition coefficient (Wildman–Crippen LogP) is 2.63. The van der Waals surface area contributed by atoms with Gasteiger partial charge in [-0.1, -0.05) is 24.3 Å². The van der Waals surface area contributed by atoms with E-state index in [1.807, 2.05) is 0 Å². The zero-order chi connectivity index (χ0) is 18.7. The molecule has 0 bridgehead atoms. The van der Waals surface area contributed by atoms with Crippen molar-refractivity contribution in [3.8, 4) is 0 Å². The molecule has 1 N–H and O–H groups in total. The quantitative estimate of drug-likeness (QED) is 0.746. The highest BCUT2D eigenvalue weighted by Gasteiger charge is 2.25. The molecule has 0 radical (unpaired) electrons. The summed E-state index contributed by atoms with van der Waals surface area (Å²) in [6.45, 7) is -0.415. The molecule has 1 heterocycles. The number of carbonyl (C=O) groups excluding carboxylic acids is 1. The van der Waals surface area contributed by atoms with Crippen LogP contribution in [-0.2, 0) is 14.8 Å². The summed E-state index contributed by atoms with van der Waals surface area (Å²) in [4.78, 5) is 16.3. The molecule has 0 spiro atoms. The first-order valence-corrected chi connectivity index (χ1v) is 9.17. The van der Waals surface area contributed by atoms with Gasteiger partial charge in [-0.05, 0) is 30.3 Å². The first-order valence-electron chi connectivity index (χ1n) is 7.73. The molecule has 0 fully saturated rings. The zero-order valence-electron chi connectivity index (χ0n) is 13.9. The van der Waals surface area contributed by atoms with Crippen molar-refractivity contribution in [2.75, 3.05) is 18.9 Å². The Morgan fingerprint density at radius 3 is 2.65 bits per heavy atom. The Morgan fingerprint density at radius 2 is 1.88 bits per heavy atom. The fraction of sp³-hybridized carbons (Fsp3) is 0.111. The van der Waals surface area contributed by atoms with Crippen molar-refractivity contribution < 1.29 is 17.6 Å². The second-order valence-corrected chi connectivity index (χ2v) is 7.66. The lowest BCUT2D eigenvalue weighted by Crippen LogP contribution is -2.35. The summed E-state index contributed by atoms with van der Waals surface area (Å²) in [6.07, 6.45) is 1.51. The summed E-state index contributed by atoms with van der Waals surface area (Å²) >= 11 is 0. The van der Waals surface area contributed by atoms with Crippen molar-refractivity contribution in [3.05, 3.63) is 66.6 Å². The Labute approximate surface area is 150 Å². The van der Waals surface area contributed by atoms with E-state index >= 15 is 0 Å². The van der Waals surface area contributed by atoms with Crippen molar-refractivity contribution in [1.82, 2.24) is 9.29 Å². The Bertz CT molecular complexity index is 1060. The fourth-order valence-electron chi connectivity index (χ4n) is 2.51. The molecule has 0 saturated carbocycles. The van der Waals surface area contributed by atoms with Gasteiger partial charge < -0.3 is 5.32 Å². The second-order valence-electron chi connectivity index (χ2n) is 5.65. The summed E-state index contributed by atoms with van der Waals surface area (Å²) in [5, 5.41) is 3.16. The van der Waals surface area contributed by atoms with E-state index in [9.17, 15) is 17.6 Å². The smallest absolute Gasteiger partial charge is 0.245 e. The number of sulfonamides is 1. The number of carbonyl (C=O) groups is 1. The summed E-state index contributed by atoms with van der Waals surface area (Å²) in [5.74, 6) is -1.07. The molecule has 0 aliphatic heterocycles. The summed E-state index contributed by atoms with van der Waals surface area (Å²) in [5.41, 5.74) is 0.597. The zero-order valence-corrected chi connectivity index (χ0v) is 14.7. The highest BCUT2D eigenvalue weighted by molar-refractivity contribution is 7.89. The predicted molar refractivity (Wildman–Crippen MR) is 96.6 cm³/mol.